The number of hydrogen-bond donors (Lipinski definition) is 2. The minimum atomic E-state index is -0.264. The van der Waals surface area contributed by atoms with Crippen molar-refractivity contribution in [3.8, 4) is 0 Å². The zero-order valence-electron chi connectivity index (χ0n) is 5.99. The number of hydrogen-bond acceptors (Lipinski definition) is 3. The van der Waals surface area contributed by atoms with Crippen molar-refractivity contribution in [2.75, 3.05) is 18.1 Å². The Morgan fingerprint density at radius 3 is 2.70 bits per heavy atom. The van der Waals surface area contributed by atoms with Gasteiger partial charge >= 0.3 is 0 Å². The van der Waals surface area contributed by atoms with Crippen LogP contribution >= 0.6 is 11.8 Å². The summed E-state index contributed by atoms with van der Waals surface area (Å²) in [6, 6.07) is 0. The lowest BCUT2D eigenvalue weighted by atomic mass is 9.99. The van der Waals surface area contributed by atoms with Gasteiger partial charge in [0, 0.05) is 12.5 Å². The molecular weight excluding hydrogens is 148 g/mol. The predicted octanol–water partition coefficient (Wildman–Crippen LogP) is 0.483. The molecule has 60 valence electrons. The summed E-state index contributed by atoms with van der Waals surface area (Å²) in [6.45, 7) is 0.141. The van der Waals surface area contributed by atoms with Crippen LogP contribution in [0.1, 0.15) is 12.8 Å². The van der Waals surface area contributed by atoms with Gasteiger partial charge in [-0.15, -0.1) is 0 Å². The van der Waals surface area contributed by atoms with Crippen LogP contribution in [0, 0.1) is 5.92 Å². The highest BCUT2D eigenvalue weighted by Crippen LogP contribution is 2.21. The molecule has 0 aromatic rings. The third kappa shape index (κ3) is 2.15. The van der Waals surface area contributed by atoms with Gasteiger partial charge < -0.3 is 10.2 Å². The van der Waals surface area contributed by atoms with E-state index in [4.69, 9.17) is 5.11 Å². The van der Waals surface area contributed by atoms with Crippen molar-refractivity contribution in [1.29, 1.82) is 0 Å². The summed E-state index contributed by atoms with van der Waals surface area (Å²) in [6.07, 6.45) is 1.54. The maximum absolute atomic E-state index is 9.38. The summed E-state index contributed by atoms with van der Waals surface area (Å²) in [7, 11) is 0. The molecule has 0 bridgehead atoms. The van der Waals surface area contributed by atoms with Crippen LogP contribution in [0.3, 0.4) is 0 Å². The molecule has 0 amide bonds. The van der Waals surface area contributed by atoms with E-state index < -0.39 is 0 Å². The van der Waals surface area contributed by atoms with E-state index in [-0.39, 0.29) is 18.6 Å². The fourth-order valence-corrected chi connectivity index (χ4v) is 2.26. The van der Waals surface area contributed by atoms with Crippen LogP contribution in [0.5, 0.6) is 0 Å². The van der Waals surface area contributed by atoms with Gasteiger partial charge in [0.1, 0.15) is 0 Å². The van der Waals surface area contributed by atoms with Crippen molar-refractivity contribution in [3.05, 3.63) is 0 Å². The quantitative estimate of drug-likeness (QED) is 0.589. The van der Waals surface area contributed by atoms with Crippen LogP contribution in [-0.2, 0) is 0 Å². The van der Waals surface area contributed by atoms with Crippen LogP contribution in [0.15, 0.2) is 0 Å². The molecule has 0 aromatic carbocycles. The lowest BCUT2D eigenvalue weighted by Crippen LogP contribution is -2.23. The zero-order chi connectivity index (χ0) is 7.40. The lowest BCUT2D eigenvalue weighted by molar-refractivity contribution is 0.0656. The smallest absolute Gasteiger partial charge is 0.0598 e. The Labute approximate surface area is 65.6 Å². The Kier molecular flexibility index (Phi) is 3.52. The highest BCUT2D eigenvalue weighted by Gasteiger charge is 2.20. The molecule has 1 aliphatic heterocycles. The molecule has 10 heavy (non-hydrogen) atoms. The topological polar surface area (TPSA) is 40.5 Å². The molecule has 0 aromatic heterocycles. The van der Waals surface area contributed by atoms with E-state index in [1.807, 2.05) is 11.8 Å². The first-order valence-corrected chi connectivity index (χ1v) is 4.86. The molecule has 1 rings (SSSR count). The standard InChI is InChI=1S/C7H14O2S/c8-5-6-1-3-10-4-2-7(6)9/h6-9H,1-5H2/t6-,7-/m1/s1. The number of aliphatic hydroxyl groups excluding tert-OH is 2. The first-order chi connectivity index (χ1) is 4.84. The molecule has 2 nitrogen and oxygen atoms in total. The van der Waals surface area contributed by atoms with Gasteiger partial charge in [0.25, 0.3) is 0 Å². The van der Waals surface area contributed by atoms with E-state index in [1.165, 1.54) is 0 Å². The largest absolute Gasteiger partial charge is 0.396 e. The molecule has 3 heteroatoms. The molecule has 1 saturated heterocycles. The number of thioether (sulfide) groups is 1. The van der Waals surface area contributed by atoms with Crippen LogP contribution in [-0.4, -0.2) is 34.4 Å². The minimum Gasteiger partial charge on any atom is -0.396 e. The van der Waals surface area contributed by atoms with Crippen LogP contribution in [0.2, 0.25) is 0 Å². The Bertz CT molecular complexity index is 97.6. The van der Waals surface area contributed by atoms with Crippen molar-refractivity contribution in [3.63, 3.8) is 0 Å². The maximum Gasteiger partial charge on any atom is 0.0598 e. The number of rotatable bonds is 1. The second-order valence-corrected chi connectivity index (χ2v) is 3.92. The van der Waals surface area contributed by atoms with Gasteiger partial charge in [-0.25, -0.2) is 0 Å². The Balaban J connectivity index is 2.35. The minimum absolute atomic E-state index is 0.134. The molecule has 1 aliphatic rings. The molecule has 0 aliphatic carbocycles. The van der Waals surface area contributed by atoms with E-state index >= 15 is 0 Å². The van der Waals surface area contributed by atoms with Crippen molar-refractivity contribution in [2.24, 2.45) is 5.92 Å². The molecule has 2 atom stereocenters. The predicted molar refractivity (Wildman–Crippen MR) is 43.1 cm³/mol. The maximum atomic E-state index is 9.38. The van der Waals surface area contributed by atoms with Gasteiger partial charge in [-0.05, 0) is 24.3 Å². The second kappa shape index (κ2) is 4.21. The fraction of sp³-hybridized carbons (Fsp3) is 1.00. The number of aliphatic hydroxyl groups is 2. The fourth-order valence-electron chi connectivity index (χ4n) is 1.18. The van der Waals surface area contributed by atoms with E-state index in [1.54, 1.807) is 0 Å². The Morgan fingerprint density at radius 2 is 2.00 bits per heavy atom. The SMILES string of the molecule is OC[C@H]1CCSCC[C@H]1O. The van der Waals surface area contributed by atoms with Gasteiger partial charge in [0.2, 0.25) is 0 Å². The van der Waals surface area contributed by atoms with E-state index in [9.17, 15) is 5.11 Å². The second-order valence-electron chi connectivity index (χ2n) is 2.70. The van der Waals surface area contributed by atoms with Crippen molar-refractivity contribution in [2.45, 2.75) is 18.9 Å². The average Bonchev–Trinajstić information content (AvgIpc) is 2.13. The molecule has 0 saturated carbocycles. The summed E-state index contributed by atoms with van der Waals surface area (Å²) in [5, 5.41) is 18.2. The normalized spacial score (nSPS) is 35.4. The van der Waals surface area contributed by atoms with Crippen LogP contribution in [0.25, 0.3) is 0 Å². The van der Waals surface area contributed by atoms with Gasteiger partial charge in [-0.1, -0.05) is 0 Å². The molecule has 2 N–H and O–H groups in total. The zero-order valence-corrected chi connectivity index (χ0v) is 6.81. The van der Waals surface area contributed by atoms with E-state index in [0.29, 0.717) is 0 Å². The third-order valence-corrected chi connectivity index (χ3v) is 3.02. The third-order valence-electron chi connectivity index (χ3n) is 1.97. The van der Waals surface area contributed by atoms with Gasteiger partial charge in [0.05, 0.1) is 6.10 Å². The molecule has 0 spiro atoms. The molecule has 1 heterocycles. The monoisotopic (exact) mass is 162 g/mol. The van der Waals surface area contributed by atoms with E-state index in [0.717, 1.165) is 24.3 Å². The summed E-state index contributed by atoms with van der Waals surface area (Å²) < 4.78 is 0. The van der Waals surface area contributed by atoms with Crippen molar-refractivity contribution in [1.82, 2.24) is 0 Å². The first kappa shape index (κ1) is 8.37. The van der Waals surface area contributed by atoms with Crippen LogP contribution < -0.4 is 0 Å². The Hall–Kier alpha value is 0.270. The summed E-state index contributed by atoms with van der Waals surface area (Å²) in [4.78, 5) is 0. The van der Waals surface area contributed by atoms with Crippen molar-refractivity contribution >= 4 is 11.8 Å². The average molecular weight is 162 g/mol. The summed E-state index contributed by atoms with van der Waals surface area (Å²) >= 11 is 1.87. The van der Waals surface area contributed by atoms with Crippen molar-refractivity contribution < 1.29 is 10.2 Å². The Morgan fingerprint density at radius 1 is 1.30 bits per heavy atom. The van der Waals surface area contributed by atoms with Crippen LogP contribution in [0.4, 0.5) is 0 Å². The van der Waals surface area contributed by atoms with E-state index in [2.05, 4.69) is 0 Å². The van der Waals surface area contributed by atoms with Gasteiger partial charge in [-0.3, -0.25) is 0 Å². The highest BCUT2D eigenvalue weighted by atomic mass is 32.2. The van der Waals surface area contributed by atoms with Gasteiger partial charge in [-0.2, -0.15) is 11.8 Å². The summed E-state index contributed by atoms with van der Waals surface area (Å²) in [5.41, 5.74) is 0. The van der Waals surface area contributed by atoms with Gasteiger partial charge in [0.15, 0.2) is 0 Å². The molecule has 0 unspecified atom stereocenters. The molecule has 0 radical (unpaired) electrons. The molecular formula is C7H14O2S. The summed E-state index contributed by atoms with van der Waals surface area (Å²) in [5.74, 6) is 2.26. The highest BCUT2D eigenvalue weighted by molar-refractivity contribution is 7.99. The lowest BCUT2D eigenvalue weighted by Gasteiger charge is -2.16. The first-order valence-electron chi connectivity index (χ1n) is 3.71. The molecule has 1 fully saturated rings.